The van der Waals surface area contributed by atoms with Crippen LogP contribution < -0.4 is 5.32 Å². The summed E-state index contributed by atoms with van der Waals surface area (Å²) in [6.45, 7) is 0. The van der Waals surface area contributed by atoms with Crippen LogP contribution in [0.15, 0.2) is 47.4 Å². The van der Waals surface area contributed by atoms with Gasteiger partial charge in [0.15, 0.2) is 9.84 Å². The molecular weight excluding hydrogens is 369 g/mol. The normalized spacial score (nSPS) is 20.2. The molecule has 0 unspecified atom stereocenters. The van der Waals surface area contributed by atoms with E-state index in [1.807, 2.05) is 0 Å². The summed E-state index contributed by atoms with van der Waals surface area (Å²) in [5, 5.41) is 12.4. The number of aromatic hydroxyl groups is 1. The van der Waals surface area contributed by atoms with E-state index in [2.05, 4.69) is 5.32 Å². The van der Waals surface area contributed by atoms with E-state index in [9.17, 15) is 22.7 Å². The number of nitrogens with one attached hydrogen (secondary N) is 1. The Labute approximate surface area is 158 Å². The van der Waals surface area contributed by atoms with Crippen LogP contribution >= 0.6 is 0 Å². The lowest BCUT2D eigenvalue weighted by Crippen LogP contribution is -2.26. The minimum atomic E-state index is -3.59. The van der Waals surface area contributed by atoms with Crippen LogP contribution in [0.4, 0.5) is 10.1 Å². The predicted molar refractivity (Wildman–Crippen MR) is 101 cm³/mol. The van der Waals surface area contributed by atoms with Gasteiger partial charge in [-0.3, -0.25) is 4.79 Å². The summed E-state index contributed by atoms with van der Waals surface area (Å²) in [4.78, 5) is 12.3. The van der Waals surface area contributed by atoms with Crippen LogP contribution in [-0.4, -0.2) is 25.7 Å². The fraction of sp³-hybridized carbons (Fsp3) is 0.350. The van der Waals surface area contributed by atoms with Gasteiger partial charge < -0.3 is 10.4 Å². The van der Waals surface area contributed by atoms with E-state index < -0.39 is 9.84 Å². The van der Waals surface area contributed by atoms with Crippen molar-refractivity contribution in [2.45, 2.75) is 36.5 Å². The Kier molecular flexibility index (Phi) is 5.51. The summed E-state index contributed by atoms with van der Waals surface area (Å²) in [6, 6.07) is 10.5. The highest BCUT2D eigenvalue weighted by molar-refractivity contribution is 7.90. The van der Waals surface area contributed by atoms with Crippen LogP contribution in [0.3, 0.4) is 0 Å². The van der Waals surface area contributed by atoms with Gasteiger partial charge in [0.25, 0.3) is 0 Å². The van der Waals surface area contributed by atoms with Crippen LogP contribution in [0.2, 0.25) is 0 Å². The van der Waals surface area contributed by atoms with E-state index in [0.29, 0.717) is 24.4 Å². The fourth-order valence-electron chi connectivity index (χ4n) is 3.56. The third-order valence-electron chi connectivity index (χ3n) is 5.07. The molecule has 1 amide bonds. The van der Waals surface area contributed by atoms with Gasteiger partial charge >= 0.3 is 0 Å². The molecule has 1 aliphatic rings. The van der Waals surface area contributed by atoms with Gasteiger partial charge in [-0.2, -0.15) is 0 Å². The number of hydrogen-bond donors (Lipinski definition) is 2. The van der Waals surface area contributed by atoms with E-state index in [-0.39, 0.29) is 28.3 Å². The summed E-state index contributed by atoms with van der Waals surface area (Å²) in [5.74, 6) is -0.584. The second-order valence-electron chi connectivity index (χ2n) is 7.04. The summed E-state index contributed by atoms with van der Waals surface area (Å²) in [7, 11) is -3.59. The summed E-state index contributed by atoms with van der Waals surface area (Å²) >= 11 is 0. The zero-order valence-corrected chi connectivity index (χ0v) is 15.8. The molecule has 1 saturated carbocycles. The predicted octanol–water partition coefficient (Wildman–Crippen LogP) is 3.85. The average molecular weight is 391 g/mol. The van der Waals surface area contributed by atoms with E-state index >= 15 is 0 Å². The molecule has 0 bridgehead atoms. The first kappa shape index (κ1) is 19.4. The molecule has 0 spiro atoms. The smallest absolute Gasteiger partial charge is 0.227 e. The number of rotatable bonds is 4. The van der Waals surface area contributed by atoms with Crippen LogP contribution in [0, 0.1) is 11.7 Å². The molecule has 2 aromatic carbocycles. The number of sulfone groups is 1. The number of phenolic OH excluding ortho intramolecular Hbond substituents is 1. The third-order valence-corrected chi connectivity index (χ3v) is 6.19. The van der Waals surface area contributed by atoms with E-state index in [0.717, 1.165) is 24.7 Å². The molecule has 27 heavy (non-hydrogen) atoms. The average Bonchev–Trinajstić information content (AvgIpc) is 2.63. The van der Waals surface area contributed by atoms with Crippen LogP contribution in [0.1, 0.15) is 37.2 Å². The van der Waals surface area contributed by atoms with Gasteiger partial charge in [0.05, 0.1) is 0 Å². The van der Waals surface area contributed by atoms with Crippen molar-refractivity contribution >= 4 is 21.4 Å². The zero-order valence-electron chi connectivity index (χ0n) is 15.0. The minimum absolute atomic E-state index is 0.155. The molecule has 2 aromatic rings. The second-order valence-corrected chi connectivity index (χ2v) is 9.03. The molecule has 0 saturated heterocycles. The molecule has 0 atom stereocenters. The maximum atomic E-state index is 13.0. The van der Waals surface area contributed by atoms with Gasteiger partial charge in [-0.05, 0) is 67.5 Å². The Morgan fingerprint density at radius 1 is 1.07 bits per heavy atom. The van der Waals surface area contributed by atoms with E-state index in [4.69, 9.17) is 0 Å². The Bertz CT molecular complexity index is 933. The van der Waals surface area contributed by atoms with Crippen molar-refractivity contribution in [3.8, 4) is 5.75 Å². The molecule has 3 rings (SSSR count). The molecule has 1 fully saturated rings. The first-order valence-corrected chi connectivity index (χ1v) is 10.7. The molecule has 144 valence electrons. The maximum Gasteiger partial charge on any atom is 0.227 e. The lowest BCUT2D eigenvalue weighted by Gasteiger charge is -2.28. The lowest BCUT2D eigenvalue weighted by molar-refractivity contribution is -0.120. The highest BCUT2D eigenvalue weighted by atomic mass is 32.2. The van der Waals surface area contributed by atoms with Gasteiger partial charge in [-0.15, -0.1) is 0 Å². The zero-order chi connectivity index (χ0) is 19.6. The van der Waals surface area contributed by atoms with Crippen LogP contribution in [0.25, 0.3) is 0 Å². The number of carbonyl (C=O) groups is 1. The van der Waals surface area contributed by atoms with Gasteiger partial charge in [0, 0.05) is 17.9 Å². The number of carbonyl (C=O) groups excluding carboxylic acids is 1. The quantitative estimate of drug-likeness (QED) is 0.776. The van der Waals surface area contributed by atoms with Crippen molar-refractivity contribution in [1.29, 1.82) is 0 Å². The third kappa shape index (κ3) is 4.66. The van der Waals surface area contributed by atoms with Crippen molar-refractivity contribution in [2.75, 3.05) is 11.6 Å². The fourth-order valence-corrected chi connectivity index (χ4v) is 4.35. The van der Waals surface area contributed by atoms with Gasteiger partial charge in [0.1, 0.15) is 16.5 Å². The first-order valence-electron chi connectivity index (χ1n) is 8.83. The topological polar surface area (TPSA) is 83.5 Å². The first-order chi connectivity index (χ1) is 12.7. The monoisotopic (exact) mass is 391 g/mol. The molecule has 0 heterocycles. The highest BCUT2D eigenvalue weighted by Crippen LogP contribution is 2.36. The van der Waals surface area contributed by atoms with Crippen molar-refractivity contribution in [3.05, 3.63) is 53.8 Å². The molecular formula is C20H22FNO4S. The SMILES string of the molecule is CS(=O)(=O)c1cc(NC(=O)C2CCC(c3ccc(F)cc3)CC2)ccc1O. The second kappa shape index (κ2) is 7.68. The molecule has 0 radical (unpaired) electrons. The van der Waals surface area contributed by atoms with Crippen LogP contribution in [0.5, 0.6) is 5.75 Å². The molecule has 5 nitrogen and oxygen atoms in total. The largest absolute Gasteiger partial charge is 0.507 e. The number of anilines is 1. The standard InChI is InChI=1S/C20H22FNO4S/c1-27(25,26)19-12-17(10-11-18(19)23)22-20(24)15-4-2-13(3-5-15)14-6-8-16(21)9-7-14/h6-13,15,23H,2-5H2,1H3,(H,22,24). The van der Waals surface area contributed by atoms with Crippen molar-refractivity contribution in [3.63, 3.8) is 0 Å². The molecule has 1 aliphatic carbocycles. The van der Waals surface area contributed by atoms with Crippen LogP contribution in [-0.2, 0) is 14.6 Å². The number of phenols is 1. The Balaban J connectivity index is 1.62. The van der Waals surface area contributed by atoms with Crippen molar-refractivity contribution in [1.82, 2.24) is 0 Å². The number of benzene rings is 2. The van der Waals surface area contributed by atoms with E-state index in [1.165, 1.54) is 30.3 Å². The molecule has 0 aromatic heterocycles. The molecule has 7 heteroatoms. The Morgan fingerprint density at radius 3 is 2.30 bits per heavy atom. The summed E-state index contributed by atoms with van der Waals surface area (Å²) in [5.41, 5.74) is 1.44. The number of hydrogen-bond acceptors (Lipinski definition) is 4. The van der Waals surface area contributed by atoms with Gasteiger partial charge in [-0.1, -0.05) is 12.1 Å². The summed E-state index contributed by atoms with van der Waals surface area (Å²) < 4.78 is 36.4. The van der Waals surface area contributed by atoms with Gasteiger partial charge in [-0.25, -0.2) is 12.8 Å². The number of amides is 1. The maximum absolute atomic E-state index is 13.0. The van der Waals surface area contributed by atoms with E-state index in [1.54, 1.807) is 12.1 Å². The van der Waals surface area contributed by atoms with Crippen molar-refractivity contribution in [2.24, 2.45) is 5.92 Å². The highest BCUT2D eigenvalue weighted by Gasteiger charge is 2.27. The molecule has 2 N–H and O–H groups in total. The number of halogens is 1. The van der Waals surface area contributed by atoms with Crippen molar-refractivity contribution < 1.29 is 22.7 Å². The Hall–Kier alpha value is -2.41. The Morgan fingerprint density at radius 2 is 1.70 bits per heavy atom. The molecule has 0 aliphatic heterocycles. The minimum Gasteiger partial charge on any atom is -0.507 e. The lowest BCUT2D eigenvalue weighted by atomic mass is 9.78. The summed E-state index contributed by atoms with van der Waals surface area (Å²) in [6.07, 6.45) is 4.11. The van der Waals surface area contributed by atoms with Gasteiger partial charge in [0.2, 0.25) is 5.91 Å².